The van der Waals surface area contributed by atoms with E-state index >= 15 is 0 Å². The van der Waals surface area contributed by atoms with Crippen molar-refractivity contribution in [3.05, 3.63) is 156 Å². The Balaban J connectivity index is 1.12. The molecule has 264 valence electrons. The van der Waals surface area contributed by atoms with Crippen LogP contribution in [0, 0.1) is 0 Å². The van der Waals surface area contributed by atoms with E-state index < -0.39 is 0 Å². The molecule has 0 aromatic heterocycles. The second-order valence-corrected chi connectivity index (χ2v) is 15.4. The second kappa shape index (κ2) is 10.1. The Bertz CT molecular complexity index is 3670. The zero-order chi connectivity index (χ0) is 38.2. The molecule has 0 fully saturated rings. The van der Waals surface area contributed by atoms with E-state index in [1.54, 1.807) is 31.2 Å². The lowest BCUT2D eigenvalue weighted by atomic mass is 9.80. The Hall–Kier alpha value is -7.70. The molecule has 0 radical (unpaired) electrons. The third-order valence-electron chi connectivity index (χ3n) is 12.9. The Labute approximate surface area is 322 Å². The second-order valence-electron chi connectivity index (χ2n) is 15.4. The van der Waals surface area contributed by atoms with Gasteiger partial charge in [0, 0.05) is 38.7 Å². The van der Waals surface area contributed by atoms with Gasteiger partial charge in [-0.3, -0.25) is 24.5 Å². The molecule has 0 bridgehead atoms. The summed E-state index contributed by atoms with van der Waals surface area (Å²) in [6, 6.07) is 33.3. The Morgan fingerprint density at radius 2 is 0.702 bits per heavy atom. The molecule has 6 nitrogen and oxygen atoms in total. The van der Waals surface area contributed by atoms with Crippen LogP contribution in [-0.2, 0) is 0 Å². The lowest BCUT2D eigenvalue weighted by Gasteiger charge is -2.29. The number of hydrogen-bond acceptors (Lipinski definition) is 4. The summed E-state index contributed by atoms with van der Waals surface area (Å²) in [5, 5.41) is 23.5. The normalized spacial score (nSPS) is 15.1. The average molecular weight is 731 g/mol. The molecule has 2 heterocycles. The van der Waals surface area contributed by atoms with Crippen LogP contribution in [-0.4, -0.2) is 28.5 Å². The fraction of sp³-hybridized carbons (Fsp3) is 0.0196. The van der Waals surface area contributed by atoms with E-state index in [0.717, 1.165) is 86.2 Å². The maximum atomic E-state index is 14.1. The maximum Gasteiger partial charge on any atom is 0.265 e. The number of allylic oxidation sites excluding steroid dienone is 5. The molecule has 0 unspecified atom stereocenters. The summed E-state index contributed by atoms with van der Waals surface area (Å²) in [7, 11) is 0. The standard InChI is InChI=1S/C51H26N2O4/c1-3-4-5-6-23(2)53-50(56)38-21-17-34-30-13-9-26-24-7-11-28-32-15-19-36-46-37(49(55)52-48(36)54)20-16-33(44(32)46)29-12-8-25(40(24)42(28)29)27-10-14-31(43(30)41(26)27)35-18-22-39(51(53)57)47(38)45(34)35/h3-22H,1H2,2H3,(H,52,54,55)/b5-4-,23-6+. The van der Waals surface area contributed by atoms with Crippen molar-refractivity contribution >= 4 is 131 Å². The molecule has 0 saturated carbocycles. The topological polar surface area (TPSA) is 83.6 Å². The highest BCUT2D eigenvalue weighted by Crippen LogP contribution is 2.51. The van der Waals surface area contributed by atoms with Gasteiger partial charge in [-0.25, -0.2) is 4.90 Å². The minimum absolute atomic E-state index is 0.327. The number of rotatable bonds is 3. The van der Waals surface area contributed by atoms with Crippen molar-refractivity contribution in [2.24, 2.45) is 0 Å². The minimum Gasteiger partial charge on any atom is -0.288 e. The molecule has 2 aliphatic heterocycles. The minimum atomic E-state index is -0.365. The summed E-state index contributed by atoms with van der Waals surface area (Å²) in [4.78, 5) is 55.3. The first-order chi connectivity index (χ1) is 27.9. The van der Waals surface area contributed by atoms with Crippen molar-refractivity contribution in [3.8, 4) is 0 Å². The van der Waals surface area contributed by atoms with E-state index in [1.807, 2.05) is 48.5 Å². The van der Waals surface area contributed by atoms with Crippen molar-refractivity contribution in [3.63, 3.8) is 0 Å². The van der Waals surface area contributed by atoms with Crippen LogP contribution in [0.25, 0.3) is 108 Å². The number of carbonyl (C=O) groups is 4. The molecular weight excluding hydrogens is 705 g/mol. The lowest BCUT2D eigenvalue weighted by molar-refractivity contribution is 0.0661. The van der Waals surface area contributed by atoms with Gasteiger partial charge in [-0.05, 0) is 134 Å². The van der Waals surface area contributed by atoms with E-state index in [2.05, 4.69) is 60.4 Å². The SMILES string of the molecule is C=C/C=C\C=C(/C)N1C(=O)c2ccc3c4ccc5c6ccc7c8ccc9c%10c(ccc(c%11ccc(c%12ccc(c%13ccc(c2c3%13)C1=O)c4c5%12)c6c7%11)c%108)C(=O)NC9=O. The van der Waals surface area contributed by atoms with Crippen LogP contribution in [0.4, 0.5) is 0 Å². The summed E-state index contributed by atoms with van der Waals surface area (Å²) in [6.45, 7) is 5.48. The predicted octanol–water partition coefficient (Wildman–Crippen LogP) is 11.7. The number of benzene rings is 11. The van der Waals surface area contributed by atoms with Gasteiger partial charge in [0.1, 0.15) is 0 Å². The molecule has 4 amide bonds. The van der Waals surface area contributed by atoms with Crippen molar-refractivity contribution in [1.29, 1.82) is 0 Å². The van der Waals surface area contributed by atoms with Gasteiger partial charge in [0.05, 0.1) is 0 Å². The number of nitrogens with one attached hydrogen (secondary N) is 1. The molecule has 0 spiro atoms. The van der Waals surface area contributed by atoms with Gasteiger partial charge < -0.3 is 0 Å². The number of carbonyl (C=O) groups excluding carboxylic acids is 4. The van der Waals surface area contributed by atoms with Crippen molar-refractivity contribution in [1.82, 2.24) is 10.2 Å². The number of nitrogens with zero attached hydrogens (tertiary/aromatic N) is 1. The van der Waals surface area contributed by atoms with E-state index in [9.17, 15) is 19.2 Å². The third kappa shape index (κ3) is 3.45. The molecule has 11 aromatic rings. The van der Waals surface area contributed by atoms with Gasteiger partial charge >= 0.3 is 0 Å². The first-order valence-corrected chi connectivity index (χ1v) is 19.0. The van der Waals surface area contributed by atoms with Gasteiger partial charge in [0.15, 0.2) is 0 Å². The van der Waals surface area contributed by atoms with E-state index in [0.29, 0.717) is 33.3 Å². The largest absolute Gasteiger partial charge is 0.288 e. The zero-order valence-electron chi connectivity index (χ0n) is 30.3. The highest BCUT2D eigenvalue weighted by Gasteiger charge is 2.35. The van der Waals surface area contributed by atoms with E-state index in [-0.39, 0.29) is 23.6 Å². The molecule has 11 aromatic carbocycles. The third-order valence-corrected chi connectivity index (χ3v) is 12.9. The van der Waals surface area contributed by atoms with E-state index in [1.165, 1.54) is 21.1 Å². The van der Waals surface area contributed by atoms with E-state index in [4.69, 9.17) is 0 Å². The van der Waals surface area contributed by atoms with Gasteiger partial charge in [-0.15, -0.1) is 0 Å². The number of imide groups is 2. The highest BCUT2D eigenvalue weighted by atomic mass is 16.2. The van der Waals surface area contributed by atoms with Gasteiger partial charge in [-0.2, -0.15) is 0 Å². The molecule has 2 aliphatic rings. The molecule has 1 N–H and O–H groups in total. The van der Waals surface area contributed by atoms with Crippen LogP contribution in [0.1, 0.15) is 48.4 Å². The summed E-state index contributed by atoms with van der Waals surface area (Å²) in [5.74, 6) is -1.38. The fourth-order valence-corrected chi connectivity index (χ4v) is 10.6. The predicted molar refractivity (Wildman–Crippen MR) is 230 cm³/mol. The molecule has 6 heteroatoms. The average Bonchev–Trinajstić information content (AvgIpc) is 3.23. The van der Waals surface area contributed by atoms with Crippen LogP contribution < -0.4 is 5.32 Å². The van der Waals surface area contributed by atoms with Crippen molar-refractivity contribution in [2.75, 3.05) is 0 Å². The Kier molecular flexibility index (Phi) is 5.44. The highest BCUT2D eigenvalue weighted by molar-refractivity contribution is 6.47. The molecule has 13 rings (SSSR count). The van der Waals surface area contributed by atoms with Crippen LogP contribution >= 0.6 is 0 Å². The van der Waals surface area contributed by atoms with Crippen LogP contribution in [0.3, 0.4) is 0 Å². The van der Waals surface area contributed by atoms with Gasteiger partial charge in [-0.1, -0.05) is 97.6 Å². The lowest BCUT2D eigenvalue weighted by Crippen LogP contribution is -2.38. The van der Waals surface area contributed by atoms with Crippen LogP contribution in [0.5, 0.6) is 0 Å². The monoisotopic (exact) mass is 730 g/mol. The maximum absolute atomic E-state index is 14.1. The molecule has 0 aliphatic carbocycles. The summed E-state index contributed by atoms with van der Waals surface area (Å²) >= 11 is 0. The number of fused-ring (bicyclic) bond motifs is 6. The molecule has 0 atom stereocenters. The van der Waals surface area contributed by atoms with Crippen LogP contribution in [0.2, 0.25) is 0 Å². The van der Waals surface area contributed by atoms with Crippen molar-refractivity contribution in [2.45, 2.75) is 6.92 Å². The van der Waals surface area contributed by atoms with Gasteiger partial charge in [0.25, 0.3) is 23.6 Å². The van der Waals surface area contributed by atoms with Gasteiger partial charge in [0.2, 0.25) is 0 Å². The number of amides is 4. The first kappa shape index (κ1) is 30.6. The fourth-order valence-electron chi connectivity index (χ4n) is 10.6. The molecular formula is C51H26N2O4. The van der Waals surface area contributed by atoms with Crippen LogP contribution in [0.15, 0.2) is 134 Å². The summed E-state index contributed by atoms with van der Waals surface area (Å²) < 4.78 is 0. The Morgan fingerprint density at radius 1 is 0.421 bits per heavy atom. The zero-order valence-corrected chi connectivity index (χ0v) is 30.3. The first-order valence-electron chi connectivity index (χ1n) is 19.0. The molecule has 0 saturated heterocycles. The summed E-state index contributed by atoms with van der Waals surface area (Å²) in [5.41, 5.74) is 2.63. The smallest absolute Gasteiger partial charge is 0.265 e. The molecule has 57 heavy (non-hydrogen) atoms. The number of hydrogen-bond donors (Lipinski definition) is 1. The summed E-state index contributed by atoms with van der Waals surface area (Å²) in [6.07, 6.45) is 6.94. The Morgan fingerprint density at radius 3 is 1.04 bits per heavy atom. The quantitative estimate of drug-likeness (QED) is 0.0849. The van der Waals surface area contributed by atoms with Crippen molar-refractivity contribution < 1.29 is 19.2 Å².